The molecule has 1 rings (SSSR count). The molecule has 0 aliphatic rings. The van der Waals surface area contributed by atoms with Gasteiger partial charge in [-0.25, -0.2) is 8.42 Å². The molecule has 114 valence electrons. The molecule has 0 spiro atoms. The van der Waals surface area contributed by atoms with Gasteiger partial charge in [0.15, 0.2) is 0 Å². The summed E-state index contributed by atoms with van der Waals surface area (Å²) in [4.78, 5) is 0.304. The summed E-state index contributed by atoms with van der Waals surface area (Å²) in [7, 11) is -3.53. The van der Waals surface area contributed by atoms with Gasteiger partial charge in [0.2, 0.25) is 10.0 Å². The Kier molecular flexibility index (Phi) is 5.91. The normalized spacial score (nSPS) is 12.1. The van der Waals surface area contributed by atoms with E-state index in [4.69, 9.17) is 5.73 Å². The van der Waals surface area contributed by atoms with Gasteiger partial charge in [0.05, 0.1) is 11.4 Å². The first kappa shape index (κ1) is 16.9. The topological polar surface area (TPSA) is 81.2 Å². The lowest BCUT2D eigenvalue weighted by Crippen LogP contribution is -2.31. The fourth-order valence-electron chi connectivity index (χ4n) is 2.18. The number of hydrogen-bond donors (Lipinski definition) is 1. The predicted molar refractivity (Wildman–Crippen MR) is 80.0 cm³/mol. The molecule has 20 heavy (non-hydrogen) atoms. The lowest BCUT2D eigenvalue weighted by atomic mass is 10.4. The number of nitrogens with two attached hydrogens (primary N) is 1. The lowest BCUT2D eigenvalue weighted by molar-refractivity contribution is 0.458. The first-order valence-corrected chi connectivity index (χ1v) is 8.19. The Morgan fingerprint density at radius 2 is 2.10 bits per heavy atom. The highest BCUT2D eigenvalue weighted by molar-refractivity contribution is 7.89. The second kappa shape index (κ2) is 7.01. The molecule has 0 fully saturated rings. The zero-order valence-electron chi connectivity index (χ0n) is 12.5. The molecule has 0 aliphatic heterocycles. The number of likely N-dealkylation sites (N-methyl/N-ethyl adjacent to an activating group) is 1. The van der Waals surface area contributed by atoms with Gasteiger partial charge in [-0.15, -0.1) is 6.58 Å². The van der Waals surface area contributed by atoms with Crippen LogP contribution < -0.4 is 5.73 Å². The third-order valence-electron chi connectivity index (χ3n) is 3.17. The van der Waals surface area contributed by atoms with Gasteiger partial charge < -0.3 is 5.73 Å². The van der Waals surface area contributed by atoms with Crippen molar-refractivity contribution in [1.29, 1.82) is 0 Å². The van der Waals surface area contributed by atoms with Gasteiger partial charge >= 0.3 is 0 Å². The van der Waals surface area contributed by atoms with Crippen molar-refractivity contribution < 1.29 is 8.42 Å². The Bertz CT molecular complexity index is 563. The summed E-state index contributed by atoms with van der Waals surface area (Å²) in [5.74, 6) is 0. The highest BCUT2D eigenvalue weighted by atomic mass is 32.2. The molecule has 0 aliphatic carbocycles. The zero-order valence-corrected chi connectivity index (χ0v) is 13.3. The Balaban J connectivity index is 3.24. The smallest absolute Gasteiger partial charge is 0.247 e. The molecule has 0 atom stereocenters. The number of rotatable bonds is 8. The number of nitrogens with zero attached hydrogens (tertiary/aromatic N) is 3. The molecule has 0 saturated heterocycles. The highest BCUT2D eigenvalue weighted by Crippen LogP contribution is 2.23. The second-order valence-electron chi connectivity index (χ2n) is 4.61. The molecule has 6 nitrogen and oxygen atoms in total. The van der Waals surface area contributed by atoms with E-state index in [9.17, 15) is 8.42 Å². The van der Waals surface area contributed by atoms with Gasteiger partial charge in [-0.2, -0.15) is 9.40 Å². The Morgan fingerprint density at radius 3 is 2.60 bits per heavy atom. The molecule has 0 saturated carbocycles. The molecule has 0 radical (unpaired) electrons. The summed E-state index contributed by atoms with van der Waals surface area (Å²) in [6.07, 6.45) is 2.36. The van der Waals surface area contributed by atoms with Crippen LogP contribution in [0.1, 0.15) is 24.7 Å². The molecular formula is C13H24N4O2S. The summed E-state index contributed by atoms with van der Waals surface area (Å²) in [5, 5.41) is 4.32. The van der Waals surface area contributed by atoms with Crippen LogP contribution in [0, 0.1) is 13.8 Å². The summed E-state index contributed by atoms with van der Waals surface area (Å²) in [6.45, 7) is 10.8. The van der Waals surface area contributed by atoms with E-state index in [2.05, 4.69) is 11.7 Å². The standard InChI is InChI=1S/C13H24N4O2S/c1-5-9-16(6-2)20(18,19)13-11(3)15-17(12(13)4)10-7-8-14/h5H,1,6-10,14H2,2-4H3. The maximum absolute atomic E-state index is 12.7. The Hall–Kier alpha value is -1.18. The molecule has 1 aromatic rings. The average molecular weight is 300 g/mol. The van der Waals surface area contributed by atoms with Crippen LogP contribution in [0.2, 0.25) is 0 Å². The van der Waals surface area contributed by atoms with Crippen molar-refractivity contribution in [3.05, 3.63) is 24.0 Å². The van der Waals surface area contributed by atoms with Crippen LogP contribution in [0.5, 0.6) is 0 Å². The van der Waals surface area contributed by atoms with E-state index < -0.39 is 10.0 Å². The van der Waals surface area contributed by atoms with Gasteiger partial charge in [0.1, 0.15) is 4.90 Å². The van der Waals surface area contributed by atoms with Crippen LogP contribution in [-0.2, 0) is 16.6 Å². The van der Waals surface area contributed by atoms with Crippen molar-refractivity contribution in [3.8, 4) is 0 Å². The van der Waals surface area contributed by atoms with Gasteiger partial charge in [0, 0.05) is 19.6 Å². The number of hydrogen-bond acceptors (Lipinski definition) is 4. The van der Waals surface area contributed by atoms with Crippen molar-refractivity contribution in [2.45, 2.75) is 38.6 Å². The van der Waals surface area contributed by atoms with Crippen LogP contribution in [0.3, 0.4) is 0 Å². The van der Waals surface area contributed by atoms with Crippen molar-refractivity contribution in [2.75, 3.05) is 19.6 Å². The fraction of sp³-hybridized carbons (Fsp3) is 0.615. The van der Waals surface area contributed by atoms with E-state index in [-0.39, 0.29) is 0 Å². The molecule has 0 bridgehead atoms. The first-order valence-electron chi connectivity index (χ1n) is 6.75. The van der Waals surface area contributed by atoms with Crippen molar-refractivity contribution in [3.63, 3.8) is 0 Å². The summed E-state index contributed by atoms with van der Waals surface area (Å²) in [6, 6.07) is 0. The molecule has 0 amide bonds. The molecule has 2 N–H and O–H groups in total. The van der Waals surface area contributed by atoms with Gasteiger partial charge in [-0.05, 0) is 26.8 Å². The molecule has 7 heteroatoms. The quantitative estimate of drug-likeness (QED) is 0.727. The number of sulfonamides is 1. The van der Waals surface area contributed by atoms with Crippen LogP contribution in [0.4, 0.5) is 0 Å². The predicted octanol–water partition coefficient (Wildman–Crippen LogP) is 1.05. The van der Waals surface area contributed by atoms with Crippen molar-refractivity contribution in [1.82, 2.24) is 14.1 Å². The Morgan fingerprint density at radius 1 is 1.45 bits per heavy atom. The SMILES string of the molecule is C=CCN(CC)S(=O)(=O)c1c(C)nn(CCCN)c1C. The minimum absolute atomic E-state index is 0.297. The van der Waals surface area contributed by atoms with Gasteiger partial charge in [0.25, 0.3) is 0 Å². The van der Waals surface area contributed by atoms with Gasteiger partial charge in [-0.1, -0.05) is 13.0 Å². The van der Waals surface area contributed by atoms with E-state index in [0.717, 1.165) is 6.42 Å². The van der Waals surface area contributed by atoms with Crippen molar-refractivity contribution >= 4 is 10.0 Å². The maximum Gasteiger partial charge on any atom is 0.247 e. The number of aryl methyl sites for hydroxylation is 2. The summed E-state index contributed by atoms with van der Waals surface area (Å²) in [5.41, 5.74) is 6.68. The van der Waals surface area contributed by atoms with E-state index >= 15 is 0 Å². The van der Waals surface area contributed by atoms with E-state index in [1.54, 1.807) is 24.6 Å². The van der Waals surface area contributed by atoms with Crippen LogP contribution in [0.25, 0.3) is 0 Å². The lowest BCUT2D eigenvalue weighted by Gasteiger charge is -2.18. The molecule has 1 heterocycles. The van der Waals surface area contributed by atoms with E-state index in [1.807, 2.05) is 6.92 Å². The summed E-state index contributed by atoms with van der Waals surface area (Å²) < 4.78 is 28.5. The van der Waals surface area contributed by atoms with E-state index in [0.29, 0.717) is 42.5 Å². The monoisotopic (exact) mass is 300 g/mol. The van der Waals surface area contributed by atoms with Crippen LogP contribution in [0.15, 0.2) is 17.6 Å². The van der Waals surface area contributed by atoms with Crippen LogP contribution >= 0.6 is 0 Å². The minimum Gasteiger partial charge on any atom is -0.330 e. The van der Waals surface area contributed by atoms with Gasteiger partial charge in [-0.3, -0.25) is 4.68 Å². The first-order chi connectivity index (χ1) is 9.39. The molecular weight excluding hydrogens is 276 g/mol. The van der Waals surface area contributed by atoms with Crippen LogP contribution in [-0.4, -0.2) is 42.1 Å². The highest BCUT2D eigenvalue weighted by Gasteiger charge is 2.29. The minimum atomic E-state index is -3.53. The van der Waals surface area contributed by atoms with Crippen molar-refractivity contribution in [2.24, 2.45) is 5.73 Å². The van der Waals surface area contributed by atoms with E-state index in [1.165, 1.54) is 4.31 Å². The third-order valence-corrected chi connectivity index (χ3v) is 5.37. The number of aromatic nitrogens is 2. The Labute approximate surface area is 121 Å². The molecule has 0 aromatic carbocycles. The maximum atomic E-state index is 12.7. The largest absolute Gasteiger partial charge is 0.330 e. The molecule has 1 aromatic heterocycles. The second-order valence-corrected chi connectivity index (χ2v) is 6.48. The molecule has 0 unspecified atom stereocenters. The third kappa shape index (κ3) is 3.28. The average Bonchev–Trinajstić information content (AvgIpc) is 2.68. The zero-order chi connectivity index (χ0) is 15.3. The fourth-order valence-corrected chi connectivity index (χ4v) is 3.98. The summed E-state index contributed by atoms with van der Waals surface area (Å²) >= 11 is 0.